The topological polar surface area (TPSA) is 57.6 Å². The molecule has 1 aromatic carbocycles. The summed E-state index contributed by atoms with van der Waals surface area (Å²) in [5, 5.41) is 9.96. The standard InChI is InChI=1S/C14H13Cl2NO3S/c15-9-4-3-8(5-10(9)16)12(18)17-11(14(19)20)6-21-13(17)7-1-2-7/h3-5,7,11,13H,1-2,6H2,(H,19,20). The average molecular weight is 346 g/mol. The van der Waals surface area contributed by atoms with Gasteiger partial charge in [0.1, 0.15) is 6.04 Å². The number of carbonyl (C=O) groups excluding carboxylic acids is 1. The minimum atomic E-state index is -0.959. The predicted octanol–water partition coefficient (Wildman–Crippen LogP) is 3.37. The Morgan fingerprint density at radius 2 is 1.95 bits per heavy atom. The number of nitrogens with zero attached hydrogens (tertiary/aromatic N) is 1. The van der Waals surface area contributed by atoms with Gasteiger partial charge < -0.3 is 10.0 Å². The van der Waals surface area contributed by atoms with E-state index in [-0.39, 0.29) is 11.3 Å². The van der Waals surface area contributed by atoms with Crippen LogP contribution in [0.15, 0.2) is 18.2 Å². The van der Waals surface area contributed by atoms with Gasteiger partial charge in [0.05, 0.1) is 15.4 Å². The number of rotatable bonds is 3. The van der Waals surface area contributed by atoms with Crippen LogP contribution in [0.3, 0.4) is 0 Å². The molecule has 1 N–H and O–H groups in total. The lowest BCUT2D eigenvalue weighted by molar-refractivity contribution is -0.141. The molecule has 4 nitrogen and oxygen atoms in total. The Hall–Kier alpha value is -0.910. The Morgan fingerprint density at radius 1 is 1.24 bits per heavy atom. The smallest absolute Gasteiger partial charge is 0.327 e. The Balaban J connectivity index is 1.91. The van der Waals surface area contributed by atoms with Crippen LogP contribution in [0, 0.1) is 5.92 Å². The quantitative estimate of drug-likeness (QED) is 0.912. The molecule has 0 bridgehead atoms. The molecule has 21 heavy (non-hydrogen) atoms. The third-order valence-electron chi connectivity index (χ3n) is 3.75. The van der Waals surface area contributed by atoms with Crippen LogP contribution in [-0.4, -0.2) is 39.1 Å². The highest BCUT2D eigenvalue weighted by Gasteiger charge is 2.48. The van der Waals surface area contributed by atoms with Crippen LogP contribution in [0.1, 0.15) is 23.2 Å². The monoisotopic (exact) mass is 345 g/mol. The number of amides is 1. The summed E-state index contributed by atoms with van der Waals surface area (Å²) in [4.78, 5) is 25.6. The third-order valence-corrected chi connectivity index (χ3v) is 5.95. The van der Waals surface area contributed by atoms with Crippen molar-refractivity contribution in [2.24, 2.45) is 5.92 Å². The number of halogens is 2. The largest absolute Gasteiger partial charge is 0.480 e. The van der Waals surface area contributed by atoms with Crippen molar-refractivity contribution < 1.29 is 14.7 Å². The van der Waals surface area contributed by atoms with Gasteiger partial charge in [0.2, 0.25) is 0 Å². The fraction of sp³-hybridized carbons (Fsp3) is 0.429. The molecule has 1 saturated heterocycles. The molecule has 1 aliphatic heterocycles. The summed E-state index contributed by atoms with van der Waals surface area (Å²) in [5.41, 5.74) is 0.379. The zero-order chi connectivity index (χ0) is 15.1. The first kappa shape index (κ1) is 15.0. The minimum Gasteiger partial charge on any atom is -0.480 e. The molecular weight excluding hydrogens is 333 g/mol. The maximum atomic E-state index is 12.7. The van der Waals surface area contributed by atoms with Gasteiger partial charge in [-0.1, -0.05) is 23.2 Å². The van der Waals surface area contributed by atoms with Crippen molar-refractivity contribution in [3.8, 4) is 0 Å². The van der Waals surface area contributed by atoms with Gasteiger partial charge in [0.25, 0.3) is 5.91 Å². The van der Waals surface area contributed by atoms with Crippen LogP contribution in [0.4, 0.5) is 0 Å². The molecule has 2 atom stereocenters. The molecular formula is C14H13Cl2NO3S. The summed E-state index contributed by atoms with van der Waals surface area (Å²) in [7, 11) is 0. The number of aliphatic carboxylic acids is 1. The molecule has 1 aliphatic carbocycles. The van der Waals surface area contributed by atoms with E-state index in [9.17, 15) is 14.7 Å². The fourth-order valence-electron chi connectivity index (χ4n) is 2.50. The molecule has 2 aliphatic rings. The summed E-state index contributed by atoms with van der Waals surface area (Å²) in [6.07, 6.45) is 2.10. The summed E-state index contributed by atoms with van der Waals surface area (Å²) in [5.74, 6) is -0.406. The van der Waals surface area contributed by atoms with Gasteiger partial charge in [-0.05, 0) is 37.0 Å². The Kier molecular flexibility index (Phi) is 4.08. The lowest BCUT2D eigenvalue weighted by atomic mass is 10.1. The van der Waals surface area contributed by atoms with E-state index in [2.05, 4.69) is 0 Å². The van der Waals surface area contributed by atoms with E-state index >= 15 is 0 Å². The van der Waals surface area contributed by atoms with Crippen LogP contribution in [0.2, 0.25) is 10.0 Å². The summed E-state index contributed by atoms with van der Waals surface area (Å²) in [6.45, 7) is 0. The Morgan fingerprint density at radius 3 is 2.52 bits per heavy atom. The number of hydrogen-bond acceptors (Lipinski definition) is 3. The van der Waals surface area contributed by atoms with Crippen LogP contribution in [-0.2, 0) is 4.79 Å². The number of thioether (sulfide) groups is 1. The zero-order valence-corrected chi connectivity index (χ0v) is 13.3. The van der Waals surface area contributed by atoms with Crippen molar-refractivity contribution in [1.29, 1.82) is 0 Å². The Bertz CT molecular complexity index is 606. The van der Waals surface area contributed by atoms with E-state index in [0.717, 1.165) is 12.8 Å². The number of hydrogen-bond donors (Lipinski definition) is 1. The lowest BCUT2D eigenvalue weighted by Gasteiger charge is -2.27. The van der Waals surface area contributed by atoms with Gasteiger partial charge in [0.15, 0.2) is 0 Å². The maximum Gasteiger partial charge on any atom is 0.327 e. The number of carboxylic acids is 1. The molecule has 1 aromatic rings. The van der Waals surface area contributed by atoms with E-state index in [1.807, 2.05) is 0 Å². The van der Waals surface area contributed by atoms with Crippen molar-refractivity contribution in [2.75, 3.05) is 5.75 Å². The Labute approximate surface area is 136 Å². The van der Waals surface area contributed by atoms with Crippen LogP contribution >= 0.6 is 35.0 Å². The molecule has 2 unspecified atom stereocenters. The van der Waals surface area contributed by atoms with Crippen molar-refractivity contribution in [3.63, 3.8) is 0 Å². The second-order valence-electron chi connectivity index (χ2n) is 5.26. The predicted molar refractivity (Wildman–Crippen MR) is 83.0 cm³/mol. The van der Waals surface area contributed by atoms with Gasteiger partial charge in [-0.3, -0.25) is 4.79 Å². The summed E-state index contributed by atoms with van der Waals surface area (Å²) < 4.78 is 0. The van der Waals surface area contributed by atoms with Crippen LogP contribution in [0.25, 0.3) is 0 Å². The molecule has 2 fully saturated rings. The second-order valence-corrected chi connectivity index (χ2v) is 7.22. The highest BCUT2D eigenvalue weighted by molar-refractivity contribution is 8.00. The van der Waals surface area contributed by atoms with Crippen LogP contribution in [0.5, 0.6) is 0 Å². The third kappa shape index (κ3) is 2.87. The van der Waals surface area contributed by atoms with Crippen molar-refractivity contribution in [1.82, 2.24) is 4.90 Å². The molecule has 0 aromatic heterocycles. The highest BCUT2D eigenvalue weighted by atomic mass is 35.5. The van der Waals surface area contributed by atoms with Gasteiger partial charge in [-0.25, -0.2) is 4.79 Å². The average Bonchev–Trinajstić information content (AvgIpc) is 3.19. The summed E-state index contributed by atoms with van der Waals surface area (Å²) in [6, 6.07) is 3.87. The molecule has 1 heterocycles. The normalized spacial score (nSPS) is 25.1. The number of benzene rings is 1. The van der Waals surface area contributed by atoms with E-state index < -0.39 is 12.0 Å². The van der Waals surface area contributed by atoms with Crippen molar-refractivity contribution in [3.05, 3.63) is 33.8 Å². The molecule has 1 saturated carbocycles. The van der Waals surface area contributed by atoms with E-state index in [4.69, 9.17) is 23.2 Å². The molecule has 0 spiro atoms. The SMILES string of the molecule is O=C(O)C1CSC(C2CC2)N1C(=O)c1ccc(Cl)c(Cl)c1. The lowest BCUT2D eigenvalue weighted by Crippen LogP contribution is -2.46. The summed E-state index contributed by atoms with van der Waals surface area (Å²) >= 11 is 13.4. The molecule has 7 heteroatoms. The van der Waals surface area contributed by atoms with Gasteiger partial charge in [-0.2, -0.15) is 0 Å². The molecule has 1 amide bonds. The minimum absolute atomic E-state index is 0.0481. The van der Waals surface area contributed by atoms with Crippen LogP contribution < -0.4 is 0 Å². The number of carbonyl (C=O) groups is 2. The first-order valence-corrected chi connectivity index (χ1v) is 8.41. The maximum absolute atomic E-state index is 12.7. The van der Waals surface area contributed by atoms with E-state index in [0.29, 0.717) is 27.3 Å². The molecule has 112 valence electrons. The number of carboxylic acid groups (broad SMARTS) is 1. The molecule has 0 radical (unpaired) electrons. The van der Waals surface area contributed by atoms with Gasteiger partial charge >= 0.3 is 5.97 Å². The van der Waals surface area contributed by atoms with Crippen molar-refractivity contribution in [2.45, 2.75) is 24.3 Å². The first-order chi connectivity index (χ1) is 9.99. The fourth-order valence-corrected chi connectivity index (χ4v) is 4.43. The van der Waals surface area contributed by atoms with E-state index in [1.165, 1.54) is 11.0 Å². The van der Waals surface area contributed by atoms with Gasteiger partial charge in [0, 0.05) is 11.3 Å². The van der Waals surface area contributed by atoms with Gasteiger partial charge in [-0.15, -0.1) is 11.8 Å². The first-order valence-electron chi connectivity index (χ1n) is 6.61. The molecule has 3 rings (SSSR count). The highest BCUT2D eigenvalue weighted by Crippen LogP contribution is 2.46. The zero-order valence-electron chi connectivity index (χ0n) is 11.0. The van der Waals surface area contributed by atoms with E-state index in [1.54, 1.807) is 23.9 Å². The van der Waals surface area contributed by atoms with Crippen molar-refractivity contribution >= 4 is 46.8 Å². The second kappa shape index (κ2) is 5.71.